The Labute approximate surface area is 105 Å². The molecule has 54 valence electrons. The van der Waals surface area contributed by atoms with Crippen molar-refractivity contribution < 1.29 is 64.3 Å². The summed E-state index contributed by atoms with van der Waals surface area (Å²) in [5, 5.41) is 0. The maximum absolute atomic E-state index is 11.8. The van der Waals surface area contributed by atoms with Crippen molar-refractivity contribution in [3.63, 3.8) is 0 Å². The van der Waals surface area contributed by atoms with Crippen molar-refractivity contribution in [3.8, 4) is 0 Å². The zero-order valence-electron chi connectivity index (χ0n) is 5.97. The molecule has 0 aliphatic rings. The topological polar surface area (TPSA) is 12.9 Å². The third-order valence-electron chi connectivity index (χ3n) is 1.02. The van der Waals surface area contributed by atoms with Gasteiger partial charge in [0.1, 0.15) is 0 Å². The van der Waals surface area contributed by atoms with E-state index >= 15 is 0 Å². The van der Waals surface area contributed by atoms with Crippen LogP contribution >= 0.6 is 0 Å². The van der Waals surface area contributed by atoms with E-state index in [1.54, 1.807) is 0 Å². The summed E-state index contributed by atoms with van der Waals surface area (Å²) in [6.45, 7) is -4.92. The van der Waals surface area contributed by atoms with Crippen molar-refractivity contribution >= 4 is 12.6 Å². The van der Waals surface area contributed by atoms with Crippen LogP contribution in [0.15, 0.2) is 24.4 Å². The predicted molar refractivity (Wildman–Crippen MR) is 32.9 cm³/mol. The van der Waals surface area contributed by atoms with Gasteiger partial charge < -0.3 is 12.9 Å². The van der Waals surface area contributed by atoms with Gasteiger partial charge >= 0.3 is 58.4 Å². The van der Waals surface area contributed by atoms with Crippen molar-refractivity contribution in [2.45, 2.75) is 0 Å². The molecule has 0 atom stereocenters. The first kappa shape index (κ1) is 11.6. The summed E-state index contributed by atoms with van der Waals surface area (Å²) in [5.41, 5.74) is -0.789. The van der Waals surface area contributed by atoms with Crippen molar-refractivity contribution in [3.05, 3.63) is 24.4 Å². The van der Waals surface area contributed by atoms with Crippen LogP contribution < -0.4 is 57.0 Å². The second-order valence-electron chi connectivity index (χ2n) is 1.83. The molecule has 0 amide bonds. The molecule has 0 saturated heterocycles. The minimum Gasteiger partial charge on any atom is -0.444 e. The van der Waals surface area contributed by atoms with E-state index in [1.807, 2.05) is 0 Å². The van der Waals surface area contributed by atoms with Gasteiger partial charge in [0, 0.05) is 6.20 Å². The molecule has 0 saturated carbocycles. The molecule has 0 fully saturated rings. The monoisotopic (exact) mass is 185 g/mol. The van der Waals surface area contributed by atoms with Gasteiger partial charge in [0.25, 0.3) is 0 Å². The van der Waals surface area contributed by atoms with Crippen molar-refractivity contribution in [2.24, 2.45) is 0 Å². The normalized spacial score (nSPS) is 10.5. The van der Waals surface area contributed by atoms with Crippen molar-refractivity contribution in [2.75, 3.05) is 0 Å². The van der Waals surface area contributed by atoms with E-state index < -0.39 is 12.6 Å². The quantitative estimate of drug-likeness (QED) is 0.467. The molecule has 1 heterocycles. The molecular formula is C5H4BF3KN. The summed E-state index contributed by atoms with van der Waals surface area (Å²) < 4.78 is 35.4. The number of pyridine rings is 1. The molecule has 6 heteroatoms. The van der Waals surface area contributed by atoms with Crippen LogP contribution in [0, 0.1) is 0 Å². The van der Waals surface area contributed by atoms with Crippen LogP contribution in [-0.4, -0.2) is 12.0 Å². The first-order valence-electron chi connectivity index (χ1n) is 2.71. The van der Waals surface area contributed by atoms with Crippen LogP contribution in [0.1, 0.15) is 0 Å². The Morgan fingerprint density at radius 2 is 1.82 bits per heavy atom. The van der Waals surface area contributed by atoms with E-state index in [4.69, 9.17) is 0 Å². The van der Waals surface area contributed by atoms with Crippen LogP contribution in [0.5, 0.6) is 0 Å². The third kappa shape index (κ3) is 3.71. The number of aromatic nitrogens is 1. The Morgan fingerprint density at radius 1 is 1.18 bits per heavy atom. The maximum atomic E-state index is 11.8. The fraction of sp³-hybridized carbons (Fsp3) is 0. The Morgan fingerprint density at radius 3 is 2.09 bits per heavy atom. The van der Waals surface area contributed by atoms with E-state index in [1.165, 1.54) is 12.1 Å². The van der Waals surface area contributed by atoms with E-state index in [9.17, 15) is 12.9 Å². The van der Waals surface area contributed by atoms with Crippen LogP contribution in [0.3, 0.4) is 0 Å². The SMILES string of the molecule is F[B-](F)(F)c1ccccn1.[K+]. The summed E-state index contributed by atoms with van der Waals surface area (Å²) in [6.07, 6.45) is 1.13. The smallest absolute Gasteiger partial charge is 0.444 e. The number of hydrogen-bond donors (Lipinski definition) is 0. The van der Waals surface area contributed by atoms with Crippen LogP contribution in [0.2, 0.25) is 0 Å². The molecular weight excluding hydrogens is 181 g/mol. The Hall–Kier alpha value is 0.641. The van der Waals surface area contributed by atoms with E-state index in [0.29, 0.717) is 0 Å². The van der Waals surface area contributed by atoms with Crippen LogP contribution in [-0.2, 0) is 0 Å². The summed E-state index contributed by atoms with van der Waals surface area (Å²) in [4.78, 5) is 3.15. The molecule has 0 spiro atoms. The zero-order valence-corrected chi connectivity index (χ0v) is 9.09. The average molecular weight is 185 g/mol. The molecule has 0 aliphatic carbocycles. The summed E-state index contributed by atoms with van der Waals surface area (Å²) >= 11 is 0. The molecule has 1 aromatic rings. The second-order valence-corrected chi connectivity index (χ2v) is 1.83. The van der Waals surface area contributed by atoms with E-state index in [0.717, 1.165) is 12.3 Å². The largest absolute Gasteiger partial charge is 1.00 e. The van der Waals surface area contributed by atoms with Gasteiger partial charge in [-0.05, 0) is 11.7 Å². The van der Waals surface area contributed by atoms with Gasteiger partial charge in [-0.3, -0.25) is 4.98 Å². The number of halogens is 3. The molecule has 11 heavy (non-hydrogen) atoms. The maximum Gasteiger partial charge on any atom is 1.00 e. The third-order valence-corrected chi connectivity index (χ3v) is 1.02. The molecule has 0 N–H and O–H groups in total. The van der Waals surface area contributed by atoms with E-state index in [2.05, 4.69) is 4.98 Å². The minimum absolute atomic E-state index is 0. The van der Waals surface area contributed by atoms with Gasteiger partial charge in [0.15, 0.2) is 0 Å². The van der Waals surface area contributed by atoms with Crippen LogP contribution in [0.25, 0.3) is 0 Å². The zero-order chi connectivity index (χ0) is 7.61. The molecule has 0 radical (unpaired) electrons. The van der Waals surface area contributed by atoms with Gasteiger partial charge in [0.05, 0.1) is 0 Å². The molecule has 1 nitrogen and oxygen atoms in total. The number of rotatable bonds is 1. The van der Waals surface area contributed by atoms with Crippen molar-refractivity contribution in [1.82, 2.24) is 4.98 Å². The summed E-state index contributed by atoms with van der Waals surface area (Å²) in [5.74, 6) is 0. The molecule has 0 aromatic carbocycles. The molecule has 1 aromatic heterocycles. The molecule has 1 rings (SSSR count). The Kier molecular flexibility index (Phi) is 4.88. The van der Waals surface area contributed by atoms with Gasteiger partial charge in [-0.25, -0.2) is 0 Å². The van der Waals surface area contributed by atoms with Gasteiger partial charge in [-0.1, -0.05) is 12.1 Å². The fourth-order valence-electron chi connectivity index (χ4n) is 0.570. The average Bonchev–Trinajstić information content (AvgIpc) is 1.88. The predicted octanol–water partition coefficient (Wildman–Crippen LogP) is -1.86. The minimum atomic E-state index is -4.92. The number of nitrogens with zero attached hydrogens (tertiary/aromatic N) is 1. The number of hydrogen-bond acceptors (Lipinski definition) is 1. The molecule has 0 aliphatic heterocycles. The van der Waals surface area contributed by atoms with Gasteiger partial charge in [0.2, 0.25) is 0 Å². The summed E-state index contributed by atoms with van der Waals surface area (Å²) in [6, 6.07) is 3.73. The van der Waals surface area contributed by atoms with Gasteiger partial charge in [-0.15, -0.1) is 0 Å². The standard InChI is InChI=1S/C5H4BF3N.K/c7-6(8,9)5-3-1-2-4-10-5;/h1-4H;/q-1;+1. The van der Waals surface area contributed by atoms with Crippen molar-refractivity contribution in [1.29, 1.82) is 0 Å². The Bertz CT molecular complexity index is 213. The molecule has 0 bridgehead atoms. The first-order valence-corrected chi connectivity index (χ1v) is 2.71. The molecule has 0 unspecified atom stereocenters. The summed E-state index contributed by atoms with van der Waals surface area (Å²) in [7, 11) is 0. The Balaban J connectivity index is 0.000001000. The van der Waals surface area contributed by atoms with E-state index in [-0.39, 0.29) is 51.4 Å². The second kappa shape index (κ2) is 4.61. The first-order chi connectivity index (χ1) is 4.61. The van der Waals surface area contributed by atoms with Crippen LogP contribution in [0.4, 0.5) is 12.9 Å². The fourth-order valence-corrected chi connectivity index (χ4v) is 0.570. The van der Waals surface area contributed by atoms with Gasteiger partial charge in [-0.2, -0.15) is 0 Å².